The Morgan fingerprint density at radius 3 is 2.23 bits per heavy atom. The summed E-state index contributed by atoms with van der Waals surface area (Å²) >= 11 is 0. The van der Waals surface area contributed by atoms with Crippen molar-refractivity contribution >= 4 is 5.96 Å². The van der Waals surface area contributed by atoms with Crippen molar-refractivity contribution in [1.29, 1.82) is 0 Å². The van der Waals surface area contributed by atoms with Crippen molar-refractivity contribution in [2.75, 3.05) is 41.5 Å². The quantitative estimate of drug-likeness (QED) is 0.500. The van der Waals surface area contributed by atoms with Crippen LogP contribution in [0.25, 0.3) is 0 Å². The molecular formula is C24H34N4O3. The summed E-state index contributed by atoms with van der Waals surface area (Å²) in [5, 5.41) is 6.96. The van der Waals surface area contributed by atoms with E-state index in [2.05, 4.69) is 50.9 Å². The van der Waals surface area contributed by atoms with Crippen molar-refractivity contribution in [2.45, 2.75) is 32.0 Å². The van der Waals surface area contributed by atoms with Crippen LogP contribution in [0.4, 0.5) is 0 Å². The minimum Gasteiger partial charge on any atom is -0.496 e. The van der Waals surface area contributed by atoms with Crippen LogP contribution < -0.4 is 24.8 Å². The maximum Gasteiger partial charge on any atom is 0.191 e. The number of piperidine rings is 1. The van der Waals surface area contributed by atoms with E-state index in [1.807, 2.05) is 12.1 Å². The normalized spacial score (nSPS) is 15.4. The highest BCUT2D eigenvalue weighted by atomic mass is 16.5. The average Bonchev–Trinajstić information content (AvgIpc) is 2.82. The highest BCUT2D eigenvalue weighted by Gasteiger charge is 2.20. The monoisotopic (exact) mass is 426 g/mol. The number of hydrogen-bond donors (Lipinski definition) is 2. The van der Waals surface area contributed by atoms with E-state index < -0.39 is 0 Å². The summed E-state index contributed by atoms with van der Waals surface area (Å²) in [5.74, 6) is 2.86. The second-order valence-electron chi connectivity index (χ2n) is 7.63. The first-order valence-electron chi connectivity index (χ1n) is 10.7. The van der Waals surface area contributed by atoms with E-state index in [-0.39, 0.29) is 0 Å². The van der Waals surface area contributed by atoms with E-state index in [1.54, 1.807) is 28.4 Å². The molecule has 0 aromatic heterocycles. The molecule has 1 fully saturated rings. The minimum absolute atomic E-state index is 0.408. The van der Waals surface area contributed by atoms with Crippen molar-refractivity contribution in [3.05, 3.63) is 53.6 Å². The number of rotatable bonds is 8. The van der Waals surface area contributed by atoms with Gasteiger partial charge < -0.3 is 24.8 Å². The molecule has 0 atom stereocenters. The van der Waals surface area contributed by atoms with Crippen molar-refractivity contribution < 1.29 is 14.2 Å². The molecule has 2 aromatic rings. The van der Waals surface area contributed by atoms with Crippen LogP contribution in [0.3, 0.4) is 0 Å². The Morgan fingerprint density at radius 2 is 1.61 bits per heavy atom. The van der Waals surface area contributed by atoms with Gasteiger partial charge in [-0.3, -0.25) is 9.89 Å². The molecule has 0 amide bonds. The summed E-state index contributed by atoms with van der Waals surface area (Å²) in [6, 6.07) is 14.8. The number of guanidine groups is 1. The lowest BCUT2D eigenvalue weighted by Gasteiger charge is -2.33. The van der Waals surface area contributed by atoms with E-state index in [0.717, 1.165) is 49.7 Å². The average molecular weight is 427 g/mol. The summed E-state index contributed by atoms with van der Waals surface area (Å²) in [6.45, 7) is 3.73. The van der Waals surface area contributed by atoms with Gasteiger partial charge in [0.25, 0.3) is 0 Å². The molecule has 31 heavy (non-hydrogen) atoms. The van der Waals surface area contributed by atoms with E-state index in [1.165, 1.54) is 5.56 Å². The highest BCUT2D eigenvalue weighted by Crippen LogP contribution is 2.34. The van der Waals surface area contributed by atoms with Crippen LogP contribution in [0.5, 0.6) is 17.2 Å². The molecule has 0 saturated carbocycles. The Bertz CT molecular complexity index is 849. The van der Waals surface area contributed by atoms with Crippen molar-refractivity contribution in [3.8, 4) is 17.2 Å². The molecule has 7 nitrogen and oxygen atoms in total. The Labute approximate surface area is 185 Å². The third-order valence-corrected chi connectivity index (χ3v) is 5.63. The number of benzene rings is 2. The molecule has 3 rings (SSSR count). The van der Waals surface area contributed by atoms with Crippen molar-refractivity contribution in [2.24, 2.45) is 4.99 Å². The lowest BCUT2D eigenvalue weighted by Crippen LogP contribution is -2.48. The molecule has 0 radical (unpaired) electrons. The minimum atomic E-state index is 0.408. The topological polar surface area (TPSA) is 67.4 Å². The van der Waals surface area contributed by atoms with Crippen LogP contribution in [0.2, 0.25) is 0 Å². The van der Waals surface area contributed by atoms with Crippen LogP contribution in [0.1, 0.15) is 24.0 Å². The fourth-order valence-electron chi connectivity index (χ4n) is 3.87. The number of methoxy groups -OCH3 is 3. The van der Waals surface area contributed by atoms with Gasteiger partial charge >= 0.3 is 0 Å². The van der Waals surface area contributed by atoms with Crippen LogP contribution in [-0.4, -0.2) is 58.4 Å². The lowest BCUT2D eigenvalue weighted by molar-refractivity contribution is 0.198. The van der Waals surface area contributed by atoms with Gasteiger partial charge in [-0.1, -0.05) is 30.3 Å². The molecule has 1 saturated heterocycles. The molecule has 168 valence electrons. The smallest absolute Gasteiger partial charge is 0.191 e. The van der Waals surface area contributed by atoms with Crippen LogP contribution in [-0.2, 0) is 13.1 Å². The van der Waals surface area contributed by atoms with E-state index in [9.17, 15) is 0 Å². The number of nitrogens with zero attached hydrogens (tertiary/aromatic N) is 2. The SMILES string of the molecule is CN=C(NCc1cc(OC)c(OC)cc1OC)NC1CCN(Cc2ccccc2)CC1. The Balaban J connectivity index is 1.51. The predicted octanol–water partition coefficient (Wildman–Crippen LogP) is 3.04. The molecule has 1 aliphatic rings. The number of hydrogen-bond acceptors (Lipinski definition) is 5. The third-order valence-electron chi connectivity index (χ3n) is 5.63. The van der Waals surface area contributed by atoms with E-state index in [0.29, 0.717) is 24.1 Å². The second kappa shape index (κ2) is 11.5. The Morgan fingerprint density at radius 1 is 0.968 bits per heavy atom. The highest BCUT2D eigenvalue weighted by molar-refractivity contribution is 5.80. The van der Waals surface area contributed by atoms with Gasteiger partial charge in [-0.15, -0.1) is 0 Å². The van der Waals surface area contributed by atoms with Crippen molar-refractivity contribution in [3.63, 3.8) is 0 Å². The fourth-order valence-corrected chi connectivity index (χ4v) is 3.87. The standard InChI is InChI=1S/C24H34N4O3/c1-25-24(26-16-19-14-22(30-3)23(31-4)15-21(19)29-2)27-20-10-12-28(13-11-20)17-18-8-6-5-7-9-18/h5-9,14-15,20H,10-13,16-17H2,1-4H3,(H2,25,26,27). The van der Waals surface area contributed by atoms with Crippen LogP contribution >= 0.6 is 0 Å². The summed E-state index contributed by atoms with van der Waals surface area (Å²) in [6.07, 6.45) is 2.18. The Kier molecular flexibility index (Phi) is 8.41. The van der Waals surface area contributed by atoms with Gasteiger partial charge in [0.15, 0.2) is 17.5 Å². The number of ether oxygens (including phenoxy) is 3. The van der Waals surface area contributed by atoms with E-state index >= 15 is 0 Å². The third kappa shape index (κ3) is 6.28. The summed E-state index contributed by atoms with van der Waals surface area (Å²) < 4.78 is 16.3. The van der Waals surface area contributed by atoms with Gasteiger partial charge in [-0.2, -0.15) is 0 Å². The molecule has 1 aliphatic heterocycles. The summed E-state index contributed by atoms with van der Waals surface area (Å²) in [4.78, 5) is 6.91. The molecule has 2 aromatic carbocycles. The number of likely N-dealkylation sites (tertiary alicyclic amines) is 1. The van der Waals surface area contributed by atoms with Gasteiger partial charge in [-0.25, -0.2) is 0 Å². The molecule has 0 spiro atoms. The number of aliphatic imine (C=N–C) groups is 1. The first-order valence-corrected chi connectivity index (χ1v) is 10.7. The van der Waals surface area contributed by atoms with Gasteiger partial charge in [0, 0.05) is 50.9 Å². The molecule has 0 aliphatic carbocycles. The van der Waals surface area contributed by atoms with Crippen LogP contribution in [0.15, 0.2) is 47.5 Å². The predicted molar refractivity (Wildman–Crippen MR) is 124 cm³/mol. The van der Waals surface area contributed by atoms with E-state index in [4.69, 9.17) is 14.2 Å². The van der Waals surface area contributed by atoms with Crippen molar-refractivity contribution in [1.82, 2.24) is 15.5 Å². The molecule has 7 heteroatoms. The summed E-state index contributed by atoms with van der Waals surface area (Å²) in [5.41, 5.74) is 2.34. The van der Waals surface area contributed by atoms with Crippen LogP contribution in [0, 0.1) is 0 Å². The molecule has 0 bridgehead atoms. The maximum atomic E-state index is 5.52. The largest absolute Gasteiger partial charge is 0.496 e. The fraction of sp³-hybridized carbons (Fsp3) is 0.458. The Hall–Kier alpha value is -2.93. The lowest BCUT2D eigenvalue weighted by atomic mass is 10.0. The zero-order chi connectivity index (χ0) is 22.1. The first kappa shape index (κ1) is 22.7. The second-order valence-corrected chi connectivity index (χ2v) is 7.63. The van der Waals surface area contributed by atoms with Gasteiger partial charge in [-0.05, 0) is 24.5 Å². The number of nitrogens with one attached hydrogen (secondary N) is 2. The summed E-state index contributed by atoms with van der Waals surface area (Å²) in [7, 11) is 6.70. The molecule has 1 heterocycles. The zero-order valence-corrected chi connectivity index (χ0v) is 19.0. The van der Waals surface area contributed by atoms with Gasteiger partial charge in [0.1, 0.15) is 5.75 Å². The maximum absolute atomic E-state index is 5.52. The molecule has 2 N–H and O–H groups in total. The van der Waals surface area contributed by atoms with Gasteiger partial charge in [0.05, 0.1) is 21.3 Å². The van der Waals surface area contributed by atoms with Gasteiger partial charge in [0.2, 0.25) is 0 Å². The molecular weight excluding hydrogens is 392 g/mol. The zero-order valence-electron chi connectivity index (χ0n) is 19.0. The molecule has 0 unspecified atom stereocenters. The first-order chi connectivity index (χ1) is 15.2.